The van der Waals surface area contributed by atoms with Crippen LogP contribution in [-0.4, -0.2) is 38.0 Å². The lowest BCUT2D eigenvalue weighted by Gasteiger charge is -2.03. The molecule has 1 unspecified atom stereocenters. The Morgan fingerprint density at radius 3 is 2.22 bits per heavy atom. The molecule has 0 saturated carbocycles. The van der Waals surface area contributed by atoms with Gasteiger partial charge in [-0.2, -0.15) is 0 Å². The number of carboxylic acids is 1. The molecule has 1 atom stereocenters. The zero-order valence-corrected chi connectivity index (χ0v) is 13.2. The number of aliphatic carboxylic acids is 1. The van der Waals surface area contributed by atoms with E-state index in [9.17, 15) is 13.2 Å². The predicted molar refractivity (Wildman–Crippen MR) is 87.7 cm³/mol. The van der Waals surface area contributed by atoms with Crippen LogP contribution in [0.3, 0.4) is 0 Å². The van der Waals surface area contributed by atoms with Crippen LogP contribution in [0.2, 0.25) is 0 Å². The van der Waals surface area contributed by atoms with Gasteiger partial charge in [0.05, 0.1) is 5.69 Å². The molecule has 0 fully saturated rings. The number of anilines is 1. The highest BCUT2D eigenvalue weighted by molar-refractivity contribution is 7.89. The number of primary sulfonamides is 1. The van der Waals surface area contributed by atoms with Gasteiger partial charge in [0, 0.05) is 6.54 Å². The number of sulfonamides is 1. The van der Waals surface area contributed by atoms with Crippen molar-refractivity contribution < 1.29 is 18.3 Å². The standard InChI is InChI=1S/C6H14N4O2.C6H8N2O2S/c7-4(5(11)12)2-1-3-10-6(8)9;7-5-3-1-2-4-6(5)11(8,9)10/h4H,1-3,7H2,(H,11,12)(H4,8,9,10);1-4H,7H2,(H2,8,9,10). The Morgan fingerprint density at radius 2 is 1.83 bits per heavy atom. The second-order valence-corrected chi connectivity index (χ2v) is 6.01. The number of rotatable bonds is 6. The van der Waals surface area contributed by atoms with E-state index in [1.54, 1.807) is 12.1 Å². The zero-order chi connectivity index (χ0) is 18.0. The highest BCUT2D eigenvalue weighted by Gasteiger charge is 2.10. The van der Waals surface area contributed by atoms with Crippen molar-refractivity contribution in [3.8, 4) is 0 Å². The molecule has 0 heterocycles. The van der Waals surface area contributed by atoms with Gasteiger partial charge >= 0.3 is 5.97 Å². The lowest BCUT2D eigenvalue weighted by Crippen LogP contribution is -2.30. The molecule has 0 aliphatic rings. The highest BCUT2D eigenvalue weighted by Crippen LogP contribution is 2.14. The van der Waals surface area contributed by atoms with Gasteiger partial charge in [-0.05, 0) is 25.0 Å². The van der Waals surface area contributed by atoms with Crippen molar-refractivity contribution in [3.05, 3.63) is 24.3 Å². The van der Waals surface area contributed by atoms with Crippen molar-refractivity contribution in [3.63, 3.8) is 0 Å². The molecule has 23 heavy (non-hydrogen) atoms. The molecule has 0 aromatic heterocycles. The molecule has 1 rings (SSSR count). The normalized spacial score (nSPS) is 11.7. The van der Waals surface area contributed by atoms with Crippen LogP contribution < -0.4 is 28.1 Å². The SMILES string of the molecule is NC(N)=NCCCC(N)C(=O)O.Nc1ccccc1S(N)(=O)=O. The lowest BCUT2D eigenvalue weighted by atomic mass is 10.2. The van der Waals surface area contributed by atoms with Gasteiger partial charge in [0.2, 0.25) is 10.0 Å². The van der Waals surface area contributed by atoms with Gasteiger partial charge < -0.3 is 28.0 Å². The molecule has 0 radical (unpaired) electrons. The van der Waals surface area contributed by atoms with Crippen molar-refractivity contribution in [1.29, 1.82) is 0 Å². The molecule has 0 amide bonds. The van der Waals surface area contributed by atoms with E-state index in [2.05, 4.69) is 4.99 Å². The largest absolute Gasteiger partial charge is 0.480 e. The second-order valence-electron chi connectivity index (χ2n) is 4.48. The Balaban J connectivity index is 0.000000422. The maximum absolute atomic E-state index is 10.8. The van der Waals surface area contributed by atoms with Gasteiger partial charge in [0.25, 0.3) is 0 Å². The van der Waals surface area contributed by atoms with Crippen molar-refractivity contribution in [2.45, 2.75) is 23.8 Å². The average molecular weight is 346 g/mol. The molecular formula is C12H22N6O4S. The van der Waals surface area contributed by atoms with Crippen molar-refractivity contribution >= 4 is 27.6 Å². The Morgan fingerprint density at radius 1 is 1.26 bits per heavy atom. The quantitative estimate of drug-likeness (QED) is 0.152. The summed E-state index contributed by atoms with van der Waals surface area (Å²) < 4.78 is 21.5. The highest BCUT2D eigenvalue weighted by atomic mass is 32.2. The summed E-state index contributed by atoms with van der Waals surface area (Å²) in [6.45, 7) is 0.420. The number of para-hydroxylation sites is 1. The summed E-state index contributed by atoms with van der Waals surface area (Å²) in [7, 11) is -3.66. The zero-order valence-electron chi connectivity index (χ0n) is 12.4. The van der Waals surface area contributed by atoms with Crippen LogP contribution in [-0.2, 0) is 14.8 Å². The minimum absolute atomic E-state index is 0.0129. The summed E-state index contributed by atoms with van der Waals surface area (Å²) >= 11 is 0. The fourth-order valence-corrected chi connectivity index (χ4v) is 2.05. The van der Waals surface area contributed by atoms with Crippen LogP contribution in [0.25, 0.3) is 0 Å². The number of nitrogen functional groups attached to an aromatic ring is 1. The van der Waals surface area contributed by atoms with E-state index in [0.717, 1.165) is 0 Å². The van der Waals surface area contributed by atoms with Crippen LogP contribution in [0.15, 0.2) is 34.2 Å². The van der Waals surface area contributed by atoms with Crippen LogP contribution in [0, 0.1) is 0 Å². The van der Waals surface area contributed by atoms with E-state index >= 15 is 0 Å². The predicted octanol–water partition coefficient (Wildman–Crippen LogP) is -1.63. The molecular weight excluding hydrogens is 324 g/mol. The van der Waals surface area contributed by atoms with Crippen LogP contribution in [0.1, 0.15) is 12.8 Å². The molecule has 0 aliphatic carbocycles. The van der Waals surface area contributed by atoms with E-state index in [4.69, 9.17) is 33.2 Å². The topological polar surface area (TPSA) is 214 Å². The van der Waals surface area contributed by atoms with E-state index in [1.807, 2.05) is 0 Å². The van der Waals surface area contributed by atoms with Crippen LogP contribution in [0.4, 0.5) is 5.69 Å². The molecule has 0 aliphatic heterocycles. The van der Waals surface area contributed by atoms with Gasteiger partial charge in [0.1, 0.15) is 10.9 Å². The molecule has 0 spiro atoms. The molecule has 11 N–H and O–H groups in total. The summed E-state index contributed by atoms with van der Waals surface area (Å²) in [6.07, 6.45) is 0.956. The summed E-state index contributed by atoms with van der Waals surface area (Å²) in [4.78, 5) is 13.9. The number of hydrogen-bond donors (Lipinski definition) is 6. The fraction of sp³-hybridized carbons (Fsp3) is 0.333. The van der Waals surface area contributed by atoms with Crippen LogP contribution in [0.5, 0.6) is 0 Å². The number of nitrogens with zero attached hydrogens (tertiary/aromatic N) is 1. The second kappa shape index (κ2) is 9.61. The number of carbonyl (C=O) groups is 1. The summed E-state index contributed by atoms with van der Waals surface area (Å²) in [5.74, 6) is -0.987. The average Bonchev–Trinajstić information content (AvgIpc) is 2.43. The van der Waals surface area contributed by atoms with Crippen molar-refractivity contribution in [2.75, 3.05) is 12.3 Å². The first-order valence-corrected chi connectivity index (χ1v) is 8.01. The number of benzene rings is 1. The lowest BCUT2D eigenvalue weighted by molar-refractivity contribution is -0.138. The minimum Gasteiger partial charge on any atom is -0.480 e. The number of carboxylic acid groups (broad SMARTS) is 1. The van der Waals surface area contributed by atoms with Gasteiger partial charge in [-0.25, -0.2) is 13.6 Å². The third-order valence-corrected chi connectivity index (χ3v) is 3.50. The third-order valence-electron chi connectivity index (χ3n) is 2.51. The van der Waals surface area contributed by atoms with E-state index < -0.39 is 22.0 Å². The Kier molecular flexibility index (Phi) is 8.62. The Bertz CT molecular complexity index is 643. The molecule has 1 aromatic carbocycles. The molecule has 130 valence electrons. The summed E-state index contributed by atoms with van der Waals surface area (Å²) in [5, 5.41) is 13.2. The van der Waals surface area contributed by atoms with Crippen LogP contribution >= 0.6 is 0 Å². The fourth-order valence-electron chi connectivity index (χ4n) is 1.38. The first kappa shape index (κ1) is 20.6. The third kappa shape index (κ3) is 9.29. The summed E-state index contributed by atoms with van der Waals surface area (Å²) in [5.41, 5.74) is 20.8. The van der Waals surface area contributed by atoms with Gasteiger partial charge in [-0.3, -0.25) is 9.79 Å². The molecule has 0 saturated heterocycles. The van der Waals surface area contributed by atoms with Gasteiger partial charge in [0.15, 0.2) is 5.96 Å². The first-order chi connectivity index (χ1) is 10.6. The maximum atomic E-state index is 10.8. The van der Waals surface area contributed by atoms with E-state index in [0.29, 0.717) is 19.4 Å². The molecule has 1 aromatic rings. The van der Waals surface area contributed by atoms with Gasteiger partial charge in [-0.1, -0.05) is 12.1 Å². The maximum Gasteiger partial charge on any atom is 0.320 e. The van der Waals surface area contributed by atoms with E-state index in [1.165, 1.54) is 12.1 Å². The Labute approximate surface area is 134 Å². The van der Waals surface area contributed by atoms with Gasteiger partial charge in [-0.15, -0.1) is 0 Å². The molecule has 11 heteroatoms. The number of guanidine groups is 1. The number of nitrogens with two attached hydrogens (primary N) is 5. The molecule has 10 nitrogen and oxygen atoms in total. The monoisotopic (exact) mass is 346 g/mol. The summed E-state index contributed by atoms with van der Waals surface area (Å²) in [6, 6.07) is 5.24. The van der Waals surface area contributed by atoms with E-state index in [-0.39, 0.29) is 16.5 Å². The first-order valence-electron chi connectivity index (χ1n) is 6.46. The minimum atomic E-state index is -3.66. The number of aliphatic imine (C=N–C) groups is 1. The van der Waals surface area contributed by atoms with Crippen molar-refractivity contribution in [1.82, 2.24) is 0 Å². The Hall–Kier alpha value is -2.37. The number of hydrogen-bond acceptors (Lipinski definition) is 6. The smallest absolute Gasteiger partial charge is 0.320 e. The molecule has 0 bridgehead atoms. The van der Waals surface area contributed by atoms with Crippen molar-refractivity contribution in [2.24, 2.45) is 27.3 Å².